The molecule has 0 radical (unpaired) electrons. The number of hydrogen-bond donors (Lipinski definition) is 0. The normalized spacial score (nSPS) is 13.9. The van der Waals surface area contributed by atoms with Crippen LogP contribution in [0.4, 0.5) is 0 Å². The summed E-state index contributed by atoms with van der Waals surface area (Å²) in [6, 6.07) is 11.5. The van der Waals surface area contributed by atoms with Crippen molar-refractivity contribution in [1.82, 2.24) is 0 Å². The van der Waals surface area contributed by atoms with Crippen LogP contribution in [0.3, 0.4) is 0 Å². The van der Waals surface area contributed by atoms with Crippen LogP contribution in [0.15, 0.2) is 36.4 Å². The van der Waals surface area contributed by atoms with Crippen molar-refractivity contribution in [3.63, 3.8) is 0 Å². The minimum absolute atomic E-state index is 0.217. The molecule has 2 aromatic carbocycles. The van der Waals surface area contributed by atoms with Gasteiger partial charge in [0.2, 0.25) is 5.85 Å². The summed E-state index contributed by atoms with van der Waals surface area (Å²) in [5, 5.41) is 2.02. The van der Waals surface area contributed by atoms with E-state index in [0.717, 1.165) is 22.1 Å². The predicted molar refractivity (Wildman–Crippen MR) is 110 cm³/mol. The van der Waals surface area contributed by atoms with E-state index in [0.29, 0.717) is 6.42 Å². The summed E-state index contributed by atoms with van der Waals surface area (Å²) in [4.78, 5) is 12.7. The number of carbonyl (C=O) groups is 1. The number of rotatable bonds is 10. The lowest BCUT2D eigenvalue weighted by Crippen LogP contribution is -2.23. The van der Waals surface area contributed by atoms with E-state index in [9.17, 15) is 9.36 Å². The second-order valence-electron chi connectivity index (χ2n) is 6.37. The first-order valence-electron chi connectivity index (χ1n) is 9.55. The van der Waals surface area contributed by atoms with Crippen molar-refractivity contribution in [2.24, 2.45) is 0 Å². The number of fused-ring (bicyclic) bond motifs is 1. The van der Waals surface area contributed by atoms with Crippen LogP contribution in [-0.2, 0) is 23.1 Å². The molecule has 0 spiro atoms. The van der Waals surface area contributed by atoms with Gasteiger partial charge in [-0.15, -0.1) is 0 Å². The Labute approximate surface area is 166 Å². The second-order valence-corrected chi connectivity index (χ2v) is 8.54. The maximum absolute atomic E-state index is 12.9. The molecule has 0 fully saturated rings. The molecule has 0 saturated heterocycles. The van der Waals surface area contributed by atoms with Crippen LogP contribution in [0.25, 0.3) is 10.8 Å². The van der Waals surface area contributed by atoms with Crippen molar-refractivity contribution in [2.75, 3.05) is 20.3 Å². The fraction of sp³-hybridized carbons (Fsp3) is 0.476. The van der Waals surface area contributed by atoms with Crippen LogP contribution in [0.5, 0.6) is 5.75 Å². The van der Waals surface area contributed by atoms with Gasteiger partial charge >= 0.3 is 13.6 Å². The summed E-state index contributed by atoms with van der Waals surface area (Å²) in [6.07, 6.45) is 0.341. The average molecular weight is 408 g/mol. The highest BCUT2D eigenvalue weighted by Crippen LogP contribution is 2.54. The standard InChI is InChI=1S/C21H29O6P/c1-6-20(28(23,25-7-2)26-8-3)27-21(22)15(4)16-9-10-18-14-19(24-5)12-11-17(18)13-16/h9-15,20H,6-8H2,1-5H3/t15-,20-/m0/s1. The van der Waals surface area contributed by atoms with E-state index in [-0.39, 0.29) is 13.2 Å². The number of esters is 1. The van der Waals surface area contributed by atoms with Gasteiger partial charge in [-0.3, -0.25) is 9.36 Å². The van der Waals surface area contributed by atoms with Gasteiger partial charge in [0, 0.05) is 0 Å². The average Bonchev–Trinajstić information content (AvgIpc) is 2.70. The van der Waals surface area contributed by atoms with Gasteiger partial charge in [0.1, 0.15) is 5.75 Å². The van der Waals surface area contributed by atoms with Gasteiger partial charge in [-0.25, -0.2) is 0 Å². The topological polar surface area (TPSA) is 71.1 Å². The second kappa shape index (κ2) is 10.1. The summed E-state index contributed by atoms with van der Waals surface area (Å²) >= 11 is 0. The lowest BCUT2D eigenvalue weighted by atomic mass is 9.98. The first-order valence-corrected chi connectivity index (χ1v) is 11.2. The molecule has 7 heteroatoms. The molecular formula is C21H29O6P. The summed E-state index contributed by atoms with van der Waals surface area (Å²) < 4.78 is 34.4. The molecule has 0 aliphatic rings. The van der Waals surface area contributed by atoms with Gasteiger partial charge in [-0.05, 0) is 55.7 Å². The Morgan fingerprint density at radius 3 is 2.18 bits per heavy atom. The largest absolute Gasteiger partial charge is 0.497 e. The Hall–Kier alpha value is -1.88. The zero-order chi connectivity index (χ0) is 20.7. The number of ether oxygens (including phenoxy) is 2. The van der Waals surface area contributed by atoms with Crippen molar-refractivity contribution in [3.8, 4) is 5.75 Å². The molecule has 6 nitrogen and oxygen atoms in total. The quantitative estimate of drug-likeness (QED) is 0.382. The Bertz CT molecular complexity index is 840. The molecule has 154 valence electrons. The van der Waals surface area contributed by atoms with E-state index in [1.165, 1.54) is 0 Å². The highest BCUT2D eigenvalue weighted by molar-refractivity contribution is 7.54. The van der Waals surface area contributed by atoms with Gasteiger partial charge in [-0.2, -0.15) is 0 Å². The van der Waals surface area contributed by atoms with Gasteiger partial charge in [-0.1, -0.05) is 31.2 Å². The highest BCUT2D eigenvalue weighted by atomic mass is 31.2. The number of benzene rings is 2. The van der Waals surface area contributed by atoms with Gasteiger partial charge in [0.25, 0.3) is 0 Å². The van der Waals surface area contributed by atoms with E-state index in [1.807, 2.05) is 36.4 Å². The van der Waals surface area contributed by atoms with Crippen LogP contribution in [0, 0.1) is 0 Å². The molecule has 0 heterocycles. The van der Waals surface area contributed by atoms with E-state index < -0.39 is 25.3 Å². The molecule has 2 atom stereocenters. The SMILES string of the molecule is CCOP(=O)(OCC)[C@@H](CC)OC(=O)[C@@H](C)c1ccc2cc(OC)ccc2c1. The van der Waals surface area contributed by atoms with E-state index in [4.69, 9.17) is 18.5 Å². The maximum Gasteiger partial charge on any atom is 0.370 e. The minimum atomic E-state index is -3.52. The molecule has 0 unspecified atom stereocenters. The van der Waals surface area contributed by atoms with Crippen LogP contribution in [0.2, 0.25) is 0 Å². The van der Waals surface area contributed by atoms with Gasteiger partial charge in [0.05, 0.1) is 26.2 Å². The molecular weight excluding hydrogens is 379 g/mol. The summed E-state index contributed by atoms with van der Waals surface area (Å²) in [5.41, 5.74) is 0.820. The zero-order valence-corrected chi connectivity index (χ0v) is 18.0. The third-order valence-electron chi connectivity index (χ3n) is 4.50. The molecule has 0 aliphatic heterocycles. The third-order valence-corrected chi connectivity index (χ3v) is 6.91. The summed E-state index contributed by atoms with van der Waals surface area (Å²) in [7, 11) is -1.89. The monoisotopic (exact) mass is 408 g/mol. The lowest BCUT2D eigenvalue weighted by molar-refractivity contribution is -0.148. The van der Waals surface area contributed by atoms with Crippen molar-refractivity contribution in [2.45, 2.75) is 45.9 Å². The molecule has 0 bridgehead atoms. The highest BCUT2D eigenvalue weighted by Gasteiger charge is 2.38. The lowest BCUT2D eigenvalue weighted by Gasteiger charge is -2.26. The molecule has 0 aliphatic carbocycles. The van der Waals surface area contributed by atoms with Crippen LogP contribution < -0.4 is 4.74 Å². The van der Waals surface area contributed by atoms with E-state index in [1.54, 1.807) is 34.8 Å². The Balaban J connectivity index is 2.20. The number of carbonyl (C=O) groups excluding carboxylic acids is 1. The molecule has 0 saturated carbocycles. The fourth-order valence-corrected chi connectivity index (χ4v) is 4.75. The van der Waals surface area contributed by atoms with Crippen LogP contribution >= 0.6 is 7.60 Å². The van der Waals surface area contributed by atoms with E-state index in [2.05, 4.69) is 0 Å². The fourth-order valence-electron chi connectivity index (χ4n) is 2.95. The molecule has 2 aromatic rings. The summed E-state index contributed by atoms with van der Waals surface area (Å²) in [6.45, 7) is 7.45. The number of methoxy groups -OCH3 is 1. The van der Waals surface area contributed by atoms with E-state index >= 15 is 0 Å². The van der Waals surface area contributed by atoms with Crippen LogP contribution in [0.1, 0.15) is 45.6 Å². The zero-order valence-electron chi connectivity index (χ0n) is 17.1. The van der Waals surface area contributed by atoms with Gasteiger partial charge in [0.15, 0.2) is 0 Å². The minimum Gasteiger partial charge on any atom is -0.497 e. The Morgan fingerprint density at radius 2 is 1.61 bits per heavy atom. The van der Waals surface area contributed by atoms with Crippen molar-refractivity contribution >= 4 is 24.3 Å². The smallest absolute Gasteiger partial charge is 0.370 e. The molecule has 0 aromatic heterocycles. The van der Waals surface area contributed by atoms with Crippen LogP contribution in [-0.4, -0.2) is 32.1 Å². The molecule has 2 rings (SSSR count). The van der Waals surface area contributed by atoms with Crippen molar-refractivity contribution in [3.05, 3.63) is 42.0 Å². The summed E-state index contributed by atoms with van der Waals surface area (Å²) in [5.74, 6) is -1.12. The Kier molecular flexibility index (Phi) is 8.05. The predicted octanol–water partition coefficient (Wildman–Crippen LogP) is 5.50. The first kappa shape index (κ1) is 22.4. The van der Waals surface area contributed by atoms with Gasteiger partial charge < -0.3 is 18.5 Å². The first-order chi connectivity index (χ1) is 13.4. The Morgan fingerprint density at radius 1 is 1.00 bits per heavy atom. The maximum atomic E-state index is 12.9. The third kappa shape index (κ3) is 5.13. The number of hydrogen-bond acceptors (Lipinski definition) is 6. The molecule has 0 amide bonds. The van der Waals surface area contributed by atoms with Crippen molar-refractivity contribution in [1.29, 1.82) is 0 Å². The molecule has 28 heavy (non-hydrogen) atoms. The molecule has 0 N–H and O–H groups in total. The van der Waals surface area contributed by atoms with Crippen molar-refractivity contribution < 1.29 is 27.9 Å².